The summed E-state index contributed by atoms with van der Waals surface area (Å²) in [4.78, 5) is 27.3. The van der Waals surface area contributed by atoms with E-state index in [0.717, 1.165) is 36.6 Å². The van der Waals surface area contributed by atoms with Crippen LogP contribution >= 0.6 is 0 Å². The summed E-state index contributed by atoms with van der Waals surface area (Å²) < 4.78 is 5.31. The summed E-state index contributed by atoms with van der Waals surface area (Å²) in [6, 6.07) is 0.117. The van der Waals surface area contributed by atoms with Crippen LogP contribution in [-0.4, -0.2) is 78.3 Å². The third-order valence-electron chi connectivity index (χ3n) is 4.70. The van der Waals surface area contributed by atoms with Crippen molar-refractivity contribution in [1.29, 1.82) is 0 Å². The minimum atomic E-state index is 0.117. The van der Waals surface area contributed by atoms with E-state index >= 15 is 0 Å². The topological polar surface area (TPSA) is 87.8 Å². The Kier molecular flexibility index (Phi) is 5.03. The first kappa shape index (κ1) is 16.8. The van der Waals surface area contributed by atoms with Gasteiger partial charge in [0.25, 0.3) is 0 Å². The molecule has 2 N–H and O–H groups in total. The van der Waals surface area contributed by atoms with Crippen LogP contribution in [0.5, 0.6) is 0 Å². The number of hydrogen-bond donors (Lipinski definition) is 1. The third kappa shape index (κ3) is 3.38. The molecule has 2 aliphatic rings. The lowest BCUT2D eigenvalue weighted by Gasteiger charge is -2.39. The number of carbonyl (C=O) groups excluding carboxylic acids is 1. The molecular weight excluding hydrogens is 308 g/mol. The lowest BCUT2D eigenvalue weighted by Crippen LogP contribution is -2.55. The molecule has 0 bridgehead atoms. The van der Waals surface area contributed by atoms with Crippen LogP contribution in [0.3, 0.4) is 0 Å². The maximum absolute atomic E-state index is 12.5. The molecule has 0 spiro atoms. The van der Waals surface area contributed by atoms with Crippen LogP contribution < -0.4 is 10.6 Å². The number of anilines is 2. The number of nitrogen functional groups attached to an aromatic ring is 1. The third-order valence-corrected chi connectivity index (χ3v) is 4.70. The van der Waals surface area contributed by atoms with Crippen molar-refractivity contribution >= 4 is 17.8 Å². The summed E-state index contributed by atoms with van der Waals surface area (Å²) in [6.07, 6.45) is 0.834. The van der Waals surface area contributed by atoms with E-state index in [1.807, 2.05) is 16.7 Å². The van der Waals surface area contributed by atoms with Gasteiger partial charge < -0.3 is 25.2 Å². The Hall–Kier alpha value is -2.09. The second-order valence-corrected chi connectivity index (χ2v) is 6.19. The van der Waals surface area contributed by atoms with E-state index in [9.17, 15) is 4.79 Å². The van der Waals surface area contributed by atoms with E-state index in [1.165, 1.54) is 0 Å². The van der Waals surface area contributed by atoms with E-state index in [-0.39, 0.29) is 6.03 Å². The van der Waals surface area contributed by atoms with Crippen LogP contribution in [0.4, 0.5) is 16.6 Å². The SMILES string of the molecule is CCc1nc(N)nc(N2CCN(C(=O)N3CCOCC3)CC2)c1C. The molecule has 2 amide bonds. The van der Waals surface area contributed by atoms with Gasteiger partial charge in [-0.1, -0.05) is 6.92 Å². The van der Waals surface area contributed by atoms with Gasteiger partial charge in [-0.25, -0.2) is 9.78 Å². The molecule has 24 heavy (non-hydrogen) atoms. The quantitative estimate of drug-likeness (QED) is 0.847. The number of aromatic nitrogens is 2. The van der Waals surface area contributed by atoms with E-state index in [1.54, 1.807) is 0 Å². The largest absolute Gasteiger partial charge is 0.378 e. The minimum Gasteiger partial charge on any atom is -0.378 e. The van der Waals surface area contributed by atoms with Crippen molar-refractivity contribution in [2.75, 3.05) is 63.1 Å². The zero-order valence-corrected chi connectivity index (χ0v) is 14.5. The number of morpholine rings is 1. The van der Waals surface area contributed by atoms with Gasteiger partial charge in [-0.15, -0.1) is 0 Å². The van der Waals surface area contributed by atoms with E-state index in [4.69, 9.17) is 10.5 Å². The molecule has 0 aliphatic carbocycles. The van der Waals surface area contributed by atoms with Crippen molar-refractivity contribution in [2.45, 2.75) is 20.3 Å². The van der Waals surface area contributed by atoms with Crippen LogP contribution in [0.1, 0.15) is 18.2 Å². The number of urea groups is 1. The molecule has 3 heterocycles. The highest BCUT2D eigenvalue weighted by atomic mass is 16.5. The fraction of sp³-hybridized carbons (Fsp3) is 0.688. The van der Waals surface area contributed by atoms with Crippen LogP contribution in [0.25, 0.3) is 0 Å². The number of nitrogens with two attached hydrogens (primary N) is 1. The van der Waals surface area contributed by atoms with Crippen molar-refractivity contribution in [1.82, 2.24) is 19.8 Å². The molecule has 8 nitrogen and oxygen atoms in total. The van der Waals surface area contributed by atoms with Gasteiger partial charge in [0.15, 0.2) is 0 Å². The number of carbonyl (C=O) groups is 1. The van der Waals surface area contributed by atoms with Gasteiger partial charge in [-0.05, 0) is 13.3 Å². The molecule has 8 heteroatoms. The van der Waals surface area contributed by atoms with Crippen LogP contribution in [0, 0.1) is 6.92 Å². The first-order chi connectivity index (χ1) is 11.6. The zero-order chi connectivity index (χ0) is 17.1. The Balaban J connectivity index is 1.65. The van der Waals surface area contributed by atoms with E-state index < -0.39 is 0 Å². The first-order valence-corrected chi connectivity index (χ1v) is 8.59. The molecular formula is C16H26N6O2. The second kappa shape index (κ2) is 7.21. The van der Waals surface area contributed by atoms with Gasteiger partial charge >= 0.3 is 6.03 Å². The van der Waals surface area contributed by atoms with Crippen molar-refractivity contribution in [3.05, 3.63) is 11.3 Å². The van der Waals surface area contributed by atoms with Crippen LogP contribution in [0.2, 0.25) is 0 Å². The molecule has 1 aromatic rings. The van der Waals surface area contributed by atoms with Crippen molar-refractivity contribution in [3.63, 3.8) is 0 Å². The van der Waals surface area contributed by atoms with Crippen molar-refractivity contribution < 1.29 is 9.53 Å². The fourth-order valence-electron chi connectivity index (χ4n) is 3.28. The average Bonchev–Trinajstić information content (AvgIpc) is 2.63. The Morgan fingerprint density at radius 3 is 2.33 bits per heavy atom. The first-order valence-electron chi connectivity index (χ1n) is 8.59. The molecule has 0 atom stereocenters. The summed E-state index contributed by atoms with van der Waals surface area (Å²) in [5, 5.41) is 0. The lowest BCUT2D eigenvalue weighted by molar-refractivity contribution is 0.0428. The summed E-state index contributed by atoms with van der Waals surface area (Å²) in [6.45, 7) is 9.64. The minimum absolute atomic E-state index is 0.117. The Morgan fingerprint density at radius 1 is 1.08 bits per heavy atom. The molecule has 0 saturated carbocycles. The molecule has 1 aromatic heterocycles. The number of ether oxygens (including phenoxy) is 1. The zero-order valence-electron chi connectivity index (χ0n) is 14.5. The van der Waals surface area contributed by atoms with Crippen LogP contribution in [-0.2, 0) is 11.2 Å². The van der Waals surface area contributed by atoms with E-state index in [2.05, 4.69) is 21.8 Å². The summed E-state index contributed by atoms with van der Waals surface area (Å²) >= 11 is 0. The number of rotatable bonds is 2. The maximum atomic E-state index is 12.5. The predicted octanol–water partition coefficient (Wildman–Crippen LogP) is 0.504. The molecule has 132 valence electrons. The molecule has 3 rings (SSSR count). The molecule has 2 aliphatic heterocycles. The fourth-order valence-corrected chi connectivity index (χ4v) is 3.28. The van der Waals surface area contributed by atoms with Crippen molar-refractivity contribution in [2.24, 2.45) is 0 Å². The number of nitrogens with zero attached hydrogens (tertiary/aromatic N) is 5. The summed E-state index contributed by atoms with van der Waals surface area (Å²) in [5.74, 6) is 1.22. The van der Waals surface area contributed by atoms with Gasteiger partial charge in [0.05, 0.1) is 18.9 Å². The van der Waals surface area contributed by atoms with Gasteiger partial charge in [0.1, 0.15) is 5.82 Å². The highest BCUT2D eigenvalue weighted by molar-refractivity contribution is 5.75. The molecule has 0 radical (unpaired) electrons. The standard InChI is InChI=1S/C16H26N6O2/c1-3-13-12(2)14(19-15(17)18-13)20-4-6-21(7-5-20)16(23)22-8-10-24-11-9-22/h3-11H2,1-2H3,(H2,17,18,19). The highest BCUT2D eigenvalue weighted by Crippen LogP contribution is 2.23. The number of hydrogen-bond acceptors (Lipinski definition) is 6. The monoisotopic (exact) mass is 334 g/mol. The molecule has 0 unspecified atom stereocenters. The predicted molar refractivity (Wildman–Crippen MR) is 92.1 cm³/mol. The second-order valence-electron chi connectivity index (χ2n) is 6.19. The highest BCUT2D eigenvalue weighted by Gasteiger charge is 2.27. The Labute approximate surface area is 142 Å². The molecule has 2 fully saturated rings. The summed E-state index contributed by atoms with van der Waals surface area (Å²) in [7, 11) is 0. The lowest BCUT2D eigenvalue weighted by atomic mass is 10.1. The van der Waals surface area contributed by atoms with Gasteiger partial charge in [-0.3, -0.25) is 0 Å². The number of amides is 2. The van der Waals surface area contributed by atoms with Crippen molar-refractivity contribution in [3.8, 4) is 0 Å². The van der Waals surface area contributed by atoms with E-state index in [0.29, 0.717) is 45.3 Å². The Morgan fingerprint density at radius 2 is 1.71 bits per heavy atom. The number of piperazine rings is 1. The Bertz CT molecular complexity index is 594. The smallest absolute Gasteiger partial charge is 0.320 e. The maximum Gasteiger partial charge on any atom is 0.320 e. The molecule has 2 saturated heterocycles. The van der Waals surface area contributed by atoms with Gasteiger partial charge in [-0.2, -0.15) is 4.98 Å². The normalized spacial score (nSPS) is 18.8. The summed E-state index contributed by atoms with van der Waals surface area (Å²) in [5.41, 5.74) is 7.92. The average molecular weight is 334 g/mol. The van der Waals surface area contributed by atoms with Crippen LogP contribution in [0.15, 0.2) is 0 Å². The van der Waals surface area contributed by atoms with Gasteiger partial charge in [0, 0.05) is 44.8 Å². The van der Waals surface area contributed by atoms with Gasteiger partial charge in [0.2, 0.25) is 5.95 Å². The number of aryl methyl sites for hydroxylation is 1. The molecule has 0 aromatic carbocycles.